The molecule has 2 N–H and O–H groups in total. The van der Waals surface area contributed by atoms with E-state index in [1.54, 1.807) is 7.11 Å². The fourth-order valence-electron chi connectivity index (χ4n) is 3.33. The van der Waals surface area contributed by atoms with Crippen molar-refractivity contribution < 1.29 is 14.2 Å². The molecule has 2 unspecified atom stereocenters. The number of nitrogens with zero attached hydrogens (tertiary/aromatic N) is 2. The van der Waals surface area contributed by atoms with Crippen molar-refractivity contribution in [1.82, 2.24) is 15.5 Å². The zero-order chi connectivity index (χ0) is 21.1. The van der Waals surface area contributed by atoms with Crippen LogP contribution in [-0.2, 0) is 4.74 Å². The van der Waals surface area contributed by atoms with Crippen LogP contribution < -0.4 is 20.1 Å². The molecule has 1 heterocycles. The lowest BCUT2D eigenvalue weighted by Gasteiger charge is -2.34. The second-order valence-electron chi connectivity index (χ2n) is 7.83. The van der Waals surface area contributed by atoms with Gasteiger partial charge < -0.3 is 24.8 Å². The second-order valence-corrected chi connectivity index (χ2v) is 7.83. The van der Waals surface area contributed by atoms with Crippen LogP contribution in [0.5, 0.6) is 11.5 Å². The molecule has 1 aliphatic heterocycles. The molecule has 1 aromatic rings. The van der Waals surface area contributed by atoms with Crippen LogP contribution in [0, 0.1) is 5.92 Å². The minimum Gasteiger partial charge on any atom is -0.493 e. The number of aliphatic imine (C=N–C) groups is 1. The highest BCUT2D eigenvalue weighted by atomic mass is 16.5. The maximum atomic E-state index is 5.99. The summed E-state index contributed by atoms with van der Waals surface area (Å²) in [6, 6.07) is 7.67. The summed E-state index contributed by atoms with van der Waals surface area (Å²) in [5.41, 5.74) is 0. The third kappa shape index (κ3) is 8.50. The number of benzene rings is 1. The molecule has 7 nitrogen and oxygen atoms in total. The second kappa shape index (κ2) is 12.5. The number of nitrogens with one attached hydrogen (secondary N) is 2. The van der Waals surface area contributed by atoms with Crippen molar-refractivity contribution in [3.8, 4) is 11.5 Å². The maximum absolute atomic E-state index is 5.99. The molecule has 0 aromatic heterocycles. The Morgan fingerprint density at radius 2 is 2.00 bits per heavy atom. The van der Waals surface area contributed by atoms with E-state index < -0.39 is 0 Å². The molecule has 2 atom stereocenters. The standard InChI is InChI=1S/C22H38N4O3/c1-6-23-22(25-14-19-16-26(11-12-28-19)15-17(2)3)24-13-18(4)29-21-10-8-7-9-20(21)27-5/h7-10,17-19H,6,11-16H2,1-5H3,(H2,23,24,25). The number of rotatable bonds is 10. The van der Waals surface area contributed by atoms with Gasteiger partial charge in [0.15, 0.2) is 17.5 Å². The molecule has 1 fully saturated rings. The van der Waals surface area contributed by atoms with Gasteiger partial charge in [-0.25, -0.2) is 4.99 Å². The van der Waals surface area contributed by atoms with E-state index in [2.05, 4.69) is 41.3 Å². The van der Waals surface area contributed by atoms with E-state index in [1.807, 2.05) is 31.2 Å². The number of hydrogen-bond donors (Lipinski definition) is 2. The van der Waals surface area contributed by atoms with Crippen molar-refractivity contribution >= 4 is 5.96 Å². The van der Waals surface area contributed by atoms with E-state index >= 15 is 0 Å². The van der Waals surface area contributed by atoms with Crippen molar-refractivity contribution in [2.24, 2.45) is 10.9 Å². The Morgan fingerprint density at radius 1 is 1.24 bits per heavy atom. The molecule has 164 valence electrons. The van der Waals surface area contributed by atoms with Gasteiger partial charge in [0.25, 0.3) is 0 Å². The van der Waals surface area contributed by atoms with Crippen LogP contribution in [0.25, 0.3) is 0 Å². The molecule has 2 rings (SSSR count). The van der Waals surface area contributed by atoms with Crippen LogP contribution in [0.3, 0.4) is 0 Å². The molecular formula is C22H38N4O3. The van der Waals surface area contributed by atoms with E-state index in [-0.39, 0.29) is 12.2 Å². The average molecular weight is 407 g/mol. The van der Waals surface area contributed by atoms with Crippen molar-refractivity contribution in [1.29, 1.82) is 0 Å². The van der Waals surface area contributed by atoms with Crippen LogP contribution in [0.1, 0.15) is 27.7 Å². The largest absolute Gasteiger partial charge is 0.493 e. The molecule has 0 radical (unpaired) electrons. The Balaban J connectivity index is 1.84. The molecular weight excluding hydrogens is 368 g/mol. The van der Waals surface area contributed by atoms with Gasteiger partial charge in [-0.3, -0.25) is 4.90 Å². The van der Waals surface area contributed by atoms with Crippen LogP contribution in [0.2, 0.25) is 0 Å². The summed E-state index contributed by atoms with van der Waals surface area (Å²) in [6.45, 7) is 14.5. The van der Waals surface area contributed by atoms with Gasteiger partial charge in [0, 0.05) is 32.7 Å². The molecule has 1 aliphatic rings. The zero-order valence-electron chi connectivity index (χ0n) is 18.6. The highest BCUT2D eigenvalue weighted by molar-refractivity contribution is 5.79. The molecule has 0 amide bonds. The Morgan fingerprint density at radius 3 is 2.69 bits per heavy atom. The molecule has 7 heteroatoms. The summed E-state index contributed by atoms with van der Waals surface area (Å²) in [4.78, 5) is 7.16. The van der Waals surface area contributed by atoms with Crippen LogP contribution in [0.4, 0.5) is 0 Å². The fraction of sp³-hybridized carbons (Fsp3) is 0.682. The van der Waals surface area contributed by atoms with E-state index in [0.717, 1.165) is 56.8 Å². The minimum atomic E-state index is -0.0748. The summed E-state index contributed by atoms with van der Waals surface area (Å²) in [6.07, 6.45) is 0.0998. The highest BCUT2D eigenvalue weighted by Gasteiger charge is 2.21. The van der Waals surface area contributed by atoms with E-state index in [1.165, 1.54) is 0 Å². The first-order valence-electron chi connectivity index (χ1n) is 10.7. The van der Waals surface area contributed by atoms with E-state index in [0.29, 0.717) is 12.5 Å². The quantitative estimate of drug-likeness (QED) is 0.459. The molecule has 0 bridgehead atoms. The number of para-hydroxylation sites is 2. The Kier molecular flexibility index (Phi) is 10.1. The minimum absolute atomic E-state index is 0.0748. The molecule has 1 aromatic carbocycles. The van der Waals surface area contributed by atoms with E-state index in [4.69, 9.17) is 14.2 Å². The molecule has 0 aliphatic carbocycles. The number of morpholine rings is 1. The molecule has 0 spiro atoms. The van der Waals surface area contributed by atoms with Gasteiger partial charge in [0.2, 0.25) is 0 Å². The molecule has 1 saturated heterocycles. The van der Waals surface area contributed by atoms with Crippen molar-refractivity contribution in [3.63, 3.8) is 0 Å². The van der Waals surface area contributed by atoms with Crippen LogP contribution >= 0.6 is 0 Å². The Bertz CT molecular complexity index is 624. The summed E-state index contributed by atoms with van der Waals surface area (Å²) < 4.78 is 17.3. The summed E-state index contributed by atoms with van der Waals surface area (Å²) in [5.74, 6) is 2.92. The lowest BCUT2D eigenvalue weighted by molar-refractivity contribution is -0.0284. The van der Waals surface area contributed by atoms with Crippen LogP contribution in [0.15, 0.2) is 29.3 Å². The third-order valence-electron chi connectivity index (χ3n) is 4.59. The van der Waals surface area contributed by atoms with Crippen molar-refractivity contribution in [2.75, 3.05) is 53.0 Å². The normalized spacial score (nSPS) is 19.1. The van der Waals surface area contributed by atoms with Gasteiger partial charge in [0.05, 0.1) is 26.4 Å². The maximum Gasteiger partial charge on any atom is 0.191 e. The SMILES string of the molecule is CCNC(=NCC(C)Oc1ccccc1OC)NCC1CN(CC(C)C)CCO1. The monoisotopic (exact) mass is 406 g/mol. The zero-order valence-corrected chi connectivity index (χ0v) is 18.6. The van der Waals surface area contributed by atoms with Gasteiger partial charge in [-0.15, -0.1) is 0 Å². The molecule has 0 saturated carbocycles. The van der Waals surface area contributed by atoms with Crippen molar-refractivity contribution in [2.45, 2.75) is 39.9 Å². The lowest BCUT2D eigenvalue weighted by atomic mass is 10.2. The van der Waals surface area contributed by atoms with Gasteiger partial charge in [0.1, 0.15) is 6.10 Å². The average Bonchev–Trinajstić information content (AvgIpc) is 2.70. The van der Waals surface area contributed by atoms with Gasteiger partial charge >= 0.3 is 0 Å². The lowest BCUT2D eigenvalue weighted by Crippen LogP contribution is -2.50. The van der Waals surface area contributed by atoms with Gasteiger partial charge in [-0.05, 0) is 31.9 Å². The van der Waals surface area contributed by atoms with E-state index in [9.17, 15) is 0 Å². The first-order valence-corrected chi connectivity index (χ1v) is 10.7. The molecule has 29 heavy (non-hydrogen) atoms. The first kappa shape index (κ1) is 23.3. The van der Waals surface area contributed by atoms with Gasteiger partial charge in [-0.2, -0.15) is 0 Å². The smallest absolute Gasteiger partial charge is 0.191 e. The van der Waals surface area contributed by atoms with Crippen LogP contribution in [-0.4, -0.2) is 76.1 Å². The number of ether oxygens (including phenoxy) is 3. The Labute approximate surface area is 175 Å². The summed E-state index contributed by atoms with van der Waals surface area (Å²) >= 11 is 0. The number of methoxy groups -OCH3 is 1. The fourth-order valence-corrected chi connectivity index (χ4v) is 3.33. The summed E-state index contributed by atoms with van der Waals surface area (Å²) in [5, 5.41) is 6.71. The number of hydrogen-bond acceptors (Lipinski definition) is 5. The number of guanidine groups is 1. The van der Waals surface area contributed by atoms with Crippen molar-refractivity contribution in [3.05, 3.63) is 24.3 Å². The predicted octanol–water partition coefficient (Wildman–Crippen LogP) is 2.37. The topological polar surface area (TPSA) is 67.4 Å². The predicted molar refractivity (Wildman–Crippen MR) is 118 cm³/mol. The Hall–Kier alpha value is -1.99. The van der Waals surface area contributed by atoms with Gasteiger partial charge in [-0.1, -0.05) is 26.0 Å². The summed E-state index contributed by atoms with van der Waals surface area (Å²) in [7, 11) is 1.65. The first-order chi connectivity index (χ1) is 14.0. The third-order valence-corrected chi connectivity index (χ3v) is 4.59. The highest BCUT2D eigenvalue weighted by Crippen LogP contribution is 2.26.